The van der Waals surface area contributed by atoms with Crippen LogP contribution >= 0.6 is 0 Å². The van der Waals surface area contributed by atoms with E-state index in [1.54, 1.807) is 0 Å². The molecule has 3 aromatic carbocycles. The second kappa shape index (κ2) is 17.9. The fourth-order valence-corrected chi connectivity index (χ4v) is 18.6. The Morgan fingerprint density at radius 3 is 0.920 bits per heavy atom. The van der Waals surface area contributed by atoms with Gasteiger partial charge in [0.15, 0.2) is 0 Å². The maximum Gasteiger partial charge on any atom is 0.146 e. The van der Waals surface area contributed by atoms with Crippen LogP contribution in [0, 0.1) is 22.9 Å². The first-order valence-electron chi connectivity index (χ1n) is 18.7. The van der Waals surface area contributed by atoms with Gasteiger partial charge in [-0.15, -0.1) is 11.1 Å². The minimum absolute atomic E-state index is 0.557. The summed E-state index contributed by atoms with van der Waals surface area (Å²) < 4.78 is 0. The van der Waals surface area contributed by atoms with Crippen LogP contribution in [0.3, 0.4) is 0 Å². The Bertz CT molecular complexity index is 1610. The molecule has 0 bridgehead atoms. The monoisotopic (exact) mass is 694 g/mol. The van der Waals surface area contributed by atoms with Gasteiger partial charge in [-0.3, -0.25) is 0 Å². The van der Waals surface area contributed by atoms with Gasteiger partial charge < -0.3 is 0 Å². The lowest BCUT2D eigenvalue weighted by molar-refractivity contribution is 0.838. The predicted octanol–water partition coefficient (Wildman–Crippen LogP) is 14.5. The minimum Gasteiger partial charge on any atom is -0.125 e. The molecule has 50 heavy (non-hydrogen) atoms. The topological polar surface area (TPSA) is 0 Å². The van der Waals surface area contributed by atoms with Gasteiger partial charge in [0.2, 0.25) is 0 Å². The van der Waals surface area contributed by atoms with Crippen LogP contribution in [0.25, 0.3) is 36.5 Å². The molecule has 0 spiro atoms. The van der Waals surface area contributed by atoms with Gasteiger partial charge in [0, 0.05) is 11.1 Å². The molecule has 0 heterocycles. The van der Waals surface area contributed by atoms with Crippen molar-refractivity contribution in [3.63, 3.8) is 0 Å². The zero-order chi connectivity index (χ0) is 37.2. The van der Waals surface area contributed by atoms with E-state index in [-0.39, 0.29) is 0 Å². The van der Waals surface area contributed by atoms with E-state index in [9.17, 15) is 0 Å². The Kier molecular flexibility index (Phi) is 14.5. The summed E-state index contributed by atoms with van der Waals surface area (Å²) in [5, 5.41) is 0. The smallest absolute Gasteiger partial charge is 0.125 e. The van der Waals surface area contributed by atoms with E-state index in [1.807, 2.05) is 12.2 Å². The van der Waals surface area contributed by atoms with E-state index in [0.717, 1.165) is 44.5 Å². The molecular formula is C48H62Si2. The molecule has 0 atom stereocenters. The van der Waals surface area contributed by atoms with Crippen molar-refractivity contribution in [2.45, 2.75) is 116 Å². The molecule has 0 saturated heterocycles. The van der Waals surface area contributed by atoms with Crippen molar-refractivity contribution in [3.8, 4) is 22.9 Å². The average Bonchev–Trinajstić information content (AvgIpc) is 3.07. The van der Waals surface area contributed by atoms with E-state index in [1.165, 1.54) is 0 Å². The Balaban J connectivity index is 2.41. The summed E-state index contributed by atoms with van der Waals surface area (Å²) in [4.78, 5) is 0. The van der Waals surface area contributed by atoms with Crippen molar-refractivity contribution < 1.29 is 0 Å². The summed E-state index contributed by atoms with van der Waals surface area (Å²) in [7, 11) is -3.93. The molecule has 3 rings (SSSR count). The highest BCUT2D eigenvalue weighted by atomic mass is 28.3. The molecule has 2 heteroatoms. The largest absolute Gasteiger partial charge is 0.146 e. The highest BCUT2D eigenvalue weighted by Crippen LogP contribution is 2.42. The zero-order valence-corrected chi connectivity index (χ0v) is 35.1. The Labute approximate surface area is 308 Å². The maximum absolute atomic E-state index is 4.02. The normalized spacial score (nSPS) is 12.4. The van der Waals surface area contributed by atoms with Crippen LogP contribution in [-0.4, -0.2) is 16.1 Å². The zero-order valence-electron chi connectivity index (χ0n) is 33.1. The molecule has 0 aliphatic heterocycles. The molecule has 0 saturated carbocycles. The van der Waals surface area contributed by atoms with Gasteiger partial charge in [0.25, 0.3) is 0 Å². The van der Waals surface area contributed by atoms with Crippen LogP contribution in [0.4, 0.5) is 0 Å². The summed E-state index contributed by atoms with van der Waals surface area (Å²) in [6, 6.07) is 21.7. The van der Waals surface area contributed by atoms with Gasteiger partial charge in [-0.25, -0.2) is 0 Å². The quantitative estimate of drug-likeness (QED) is 0.101. The predicted molar refractivity (Wildman–Crippen MR) is 233 cm³/mol. The van der Waals surface area contributed by atoms with Crippen molar-refractivity contribution in [2.24, 2.45) is 0 Å². The first-order chi connectivity index (χ1) is 23.6. The van der Waals surface area contributed by atoms with Crippen LogP contribution in [0.5, 0.6) is 0 Å². The molecule has 0 aliphatic carbocycles. The number of benzene rings is 3. The van der Waals surface area contributed by atoms with Crippen molar-refractivity contribution in [1.29, 1.82) is 0 Å². The first-order valence-corrected chi connectivity index (χ1v) is 23.1. The first kappa shape index (κ1) is 40.6. The van der Waals surface area contributed by atoms with Gasteiger partial charge in [-0.2, -0.15) is 0 Å². The SMILES string of the molecule is C=Cc1ccc(/C=C/c2cc(C#C[Si](C(C)C)(C(C)C)C(C)C)c(/C=C/c3ccc(C=C)cc3)cc2C#C[Si](C(C)C)(C(C)C)C(C)C)cc1. The lowest BCUT2D eigenvalue weighted by Crippen LogP contribution is -2.43. The highest BCUT2D eigenvalue weighted by molar-refractivity contribution is 6.91. The minimum atomic E-state index is -1.96. The molecule has 0 N–H and O–H groups in total. The standard InChI is InChI=1S/C48H62Si2/c1-15-41-17-21-43(22-18-41)25-27-45-33-48(30-32-50(38(9)10,39(11)12)40(13)14)46(28-26-44-23-19-42(16-2)20-24-44)34-47(45)29-31-49(35(3)4,36(5)6)37(7)8/h15-28,33-40H,1-2H2,3-14H3/b27-25+,28-26+. The molecule has 0 radical (unpaired) electrons. The number of hydrogen-bond acceptors (Lipinski definition) is 0. The molecule has 3 aromatic rings. The fraction of sp³-hybridized carbons (Fsp3) is 0.375. The molecule has 0 fully saturated rings. The number of rotatable bonds is 12. The Morgan fingerprint density at radius 1 is 0.420 bits per heavy atom. The molecule has 262 valence electrons. The van der Waals surface area contributed by atoms with E-state index < -0.39 is 16.1 Å². The van der Waals surface area contributed by atoms with Crippen molar-refractivity contribution in [3.05, 3.63) is 118 Å². The summed E-state index contributed by atoms with van der Waals surface area (Å²) in [5.41, 5.74) is 20.3. The summed E-state index contributed by atoms with van der Waals surface area (Å²) in [6.45, 7) is 36.4. The third-order valence-electron chi connectivity index (χ3n) is 11.0. The maximum atomic E-state index is 4.02. The second-order valence-electron chi connectivity index (χ2n) is 15.7. The number of hydrogen-bond donors (Lipinski definition) is 0. The molecule has 0 aliphatic rings. The summed E-state index contributed by atoms with van der Waals surface area (Å²) >= 11 is 0. The van der Waals surface area contributed by atoms with Crippen LogP contribution in [0.2, 0.25) is 33.2 Å². The molecular weight excluding hydrogens is 633 g/mol. The Hall–Kier alpha value is -3.83. The highest BCUT2D eigenvalue weighted by Gasteiger charge is 2.42. The van der Waals surface area contributed by atoms with Gasteiger partial charge in [-0.1, -0.05) is 193 Å². The van der Waals surface area contributed by atoms with Crippen LogP contribution in [-0.2, 0) is 0 Å². The molecule has 0 aromatic heterocycles. The fourth-order valence-electron chi connectivity index (χ4n) is 8.20. The van der Waals surface area contributed by atoms with Crippen LogP contribution in [0.15, 0.2) is 73.8 Å². The van der Waals surface area contributed by atoms with Gasteiger partial charge in [-0.05, 0) is 78.8 Å². The van der Waals surface area contributed by atoms with Crippen molar-refractivity contribution in [1.82, 2.24) is 0 Å². The third kappa shape index (κ3) is 9.28. The molecule has 0 amide bonds. The van der Waals surface area contributed by atoms with E-state index in [4.69, 9.17) is 0 Å². The summed E-state index contributed by atoms with van der Waals surface area (Å²) in [5.74, 6) is 7.65. The second-order valence-corrected chi connectivity index (χ2v) is 26.9. The van der Waals surface area contributed by atoms with Crippen LogP contribution in [0.1, 0.15) is 128 Å². The van der Waals surface area contributed by atoms with Gasteiger partial charge in [0.1, 0.15) is 16.1 Å². The lowest BCUT2D eigenvalue weighted by atomic mass is 9.97. The summed E-state index contributed by atoms with van der Waals surface area (Å²) in [6.07, 6.45) is 12.6. The molecule has 0 nitrogen and oxygen atoms in total. The van der Waals surface area contributed by atoms with E-state index in [0.29, 0.717) is 33.2 Å². The molecule has 0 unspecified atom stereocenters. The van der Waals surface area contributed by atoms with Crippen molar-refractivity contribution in [2.75, 3.05) is 0 Å². The van der Waals surface area contributed by atoms with Crippen molar-refractivity contribution >= 4 is 52.6 Å². The van der Waals surface area contributed by atoms with Gasteiger partial charge >= 0.3 is 0 Å². The van der Waals surface area contributed by atoms with E-state index in [2.05, 4.69) is 204 Å². The van der Waals surface area contributed by atoms with Crippen LogP contribution < -0.4 is 0 Å². The third-order valence-corrected chi connectivity index (χ3v) is 23.6. The average molecular weight is 695 g/mol. The van der Waals surface area contributed by atoms with E-state index >= 15 is 0 Å². The van der Waals surface area contributed by atoms with Gasteiger partial charge in [0.05, 0.1) is 0 Å². The Morgan fingerprint density at radius 2 is 0.680 bits per heavy atom. The lowest BCUT2D eigenvalue weighted by Gasteiger charge is -2.38.